The van der Waals surface area contributed by atoms with Gasteiger partial charge in [-0.1, -0.05) is 35.4 Å². The third kappa shape index (κ3) is 8.46. The Morgan fingerprint density at radius 3 is 2.09 bits per heavy atom. The molecule has 0 bridgehead atoms. The fourth-order valence-corrected chi connectivity index (χ4v) is 5.33. The number of ether oxygens (including phenoxy) is 10. The van der Waals surface area contributed by atoms with Crippen LogP contribution in [-0.4, -0.2) is 106 Å². The molecule has 17 nitrogen and oxygen atoms in total. The van der Waals surface area contributed by atoms with Gasteiger partial charge in [0.2, 0.25) is 0 Å². The van der Waals surface area contributed by atoms with Gasteiger partial charge in [0.1, 0.15) is 37.1 Å². The molecule has 3 aliphatic heterocycles. The van der Waals surface area contributed by atoms with E-state index in [1.807, 2.05) is 6.07 Å². The van der Waals surface area contributed by atoms with E-state index in [9.17, 15) is 24.7 Å². The van der Waals surface area contributed by atoms with Crippen LogP contribution in [0.4, 0.5) is 0 Å². The Kier molecular flexibility index (Phi) is 11.7. The van der Waals surface area contributed by atoms with Crippen molar-refractivity contribution in [3.8, 4) is 0 Å². The fourth-order valence-electron chi connectivity index (χ4n) is 5.33. The summed E-state index contributed by atoms with van der Waals surface area (Å²) in [6, 6.07) is 7.86. The molecule has 1 unspecified atom stereocenters. The van der Waals surface area contributed by atoms with Gasteiger partial charge in [0.25, 0.3) is 0 Å². The largest absolute Gasteiger partial charge is 0.463 e. The highest BCUT2D eigenvalue weighted by atomic mass is 16.8. The van der Waals surface area contributed by atoms with Crippen LogP contribution in [0.5, 0.6) is 0 Å². The van der Waals surface area contributed by atoms with E-state index in [0.717, 1.165) is 27.7 Å². The Morgan fingerprint density at radius 1 is 0.844 bits per heavy atom. The quantitative estimate of drug-likeness (QED) is 0.117. The monoisotopic (exact) mass is 637 g/mol. The number of fused-ring (bicyclic) bond motifs is 1. The minimum absolute atomic E-state index is 0.0332. The Bertz CT molecular complexity index is 1260. The predicted molar refractivity (Wildman–Crippen MR) is 145 cm³/mol. The molecule has 17 heteroatoms. The molecule has 0 aromatic heterocycles. The Hall–Kier alpha value is -3.83. The van der Waals surface area contributed by atoms with E-state index in [0.29, 0.717) is 5.56 Å². The first-order valence-corrected chi connectivity index (χ1v) is 14.0. The molecule has 0 saturated carbocycles. The van der Waals surface area contributed by atoms with E-state index in [1.165, 1.54) is 7.11 Å². The molecule has 0 radical (unpaired) electrons. The summed E-state index contributed by atoms with van der Waals surface area (Å²) < 4.78 is 57.8. The molecule has 3 fully saturated rings. The summed E-state index contributed by atoms with van der Waals surface area (Å²) in [5.74, 6) is -3.08. The zero-order chi connectivity index (χ0) is 32.7. The molecule has 45 heavy (non-hydrogen) atoms. The van der Waals surface area contributed by atoms with Crippen molar-refractivity contribution in [2.24, 2.45) is 5.11 Å². The molecule has 0 aliphatic carbocycles. The van der Waals surface area contributed by atoms with E-state index in [1.54, 1.807) is 24.3 Å². The lowest BCUT2D eigenvalue weighted by molar-refractivity contribution is -0.374. The third-order valence-electron chi connectivity index (χ3n) is 7.04. The van der Waals surface area contributed by atoms with Gasteiger partial charge in [0.15, 0.2) is 37.2 Å². The van der Waals surface area contributed by atoms with Crippen LogP contribution in [0.2, 0.25) is 0 Å². The van der Waals surface area contributed by atoms with Crippen LogP contribution in [0.25, 0.3) is 10.4 Å². The molecule has 3 saturated heterocycles. The maximum absolute atomic E-state index is 12.3. The smallest absolute Gasteiger partial charge is 0.303 e. The second-order valence-corrected chi connectivity index (χ2v) is 10.3. The Balaban J connectivity index is 1.75. The van der Waals surface area contributed by atoms with Gasteiger partial charge in [0, 0.05) is 45.3 Å². The van der Waals surface area contributed by atoms with Gasteiger partial charge in [-0.25, -0.2) is 0 Å². The summed E-state index contributed by atoms with van der Waals surface area (Å²) in [6.45, 7) is 4.05. The van der Waals surface area contributed by atoms with Gasteiger partial charge in [-0.15, -0.1) is 0 Å². The Morgan fingerprint density at radius 2 is 1.49 bits per heavy atom. The lowest BCUT2D eigenvalue weighted by Gasteiger charge is -2.50. The molecule has 4 rings (SSSR count). The van der Waals surface area contributed by atoms with Crippen LogP contribution in [-0.2, 0) is 66.5 Å². The highest BCUT2D eigenvalue weighted by Gasteiger charge is 2.57. The number of carbonyl (C=O) groups excluding carboxylic acids is 4. The number of hydrogen-bond donors (Lipinski definition) is 0. The van der Waals surface area contributed by atoms with E-state index >= 15 is 0 Å². The standard InChI is InChI=1S/C28H35N3O14/c1-13(32)37-11-18-22(39-14(2)33)24(40-15(3)34)25(41-16(4)35)28(43-18)45-23-20(30-31-29)27(36-5)42-19-12-38-26(44-21(19)23)17-9-7-6-8-10-17/h6-10,18-28H,11-12H2,1-5H3/t18-,19-,20-,21+,22+,23-,24+,25-,26?,27-,28+/m1/s1. The minimum Gasteiger partial charge on any atom is -0.463 e. The van der Waals surface area contributed by atoms with Crippen molar-refractivity contribution in [3.05, 3.63) is 46.3 Å². The zero-order valence-electron chi connectivity index (χ0n) is 25.2. The topological polar surface area (TPSA) is 209 Å². The van der Waals surface area contributed by atoms with Crippen molar-refractivity contribution in [3.63, 3.8) is 0 Å². The van der Waals surface area contributed by atoms with Crippen LogP contribution in [0.3, 0.4) is 0 Å². The molecule has 11 atom stereocenters. The van der Waals surface area contributed by atoms with Gasteiger partial charge in [-0.2, -0.15) is 0 Å². The van der Waals surface area contributed by atoms with Crippen molar-refractivity contribution in [1.29, 1.82) is 0 Å². The lowest BCUT2D eigenvalue weighted by Crippen LogP contribution is -2.67. The van der Waals surface area contributed by atoms with Gasteiger partial charge in [-0.05, 0) is 5.53 Å². The fraction of sp³-hybridized carbons (Fsp3) is 0.643. The number of benzene rings is 1. The van der Waals surface area contributed by atoms with Crippen LogP contribution >= 0.6 is 0 Å². The first-order valence-electron chi connectivity index (χ1n) is 14.0. The molecular formula is C28H35N3O14. The van der Waals surface area contributed by atoms with Gasteiger partial charge in [-0.3, -0.25) is 19.2 Å². The molecular weight excluding hydrogens is 602 g/mol. The molecule has 1 aromatic rings. The van der Waals surface area contributed by atoms with Crippen molar-refractivity contribution in [2.45, 2.75) is 95.3 Å². The molecule has 0 spiro atoms. The number of nitrogens with zero attached hydrogens (tertiary/aromatic N) is 3. The summed E-state index contributed by atoms with van der Waals surface area (Å²) in [5, 5.41) is 3.86. The Labute approximate surface area is 257 Å². The summed E-state index contributed by atoms with van der Waals surface area (Å²) >= 11 is 0. The number of esters is 4. The zero-order valence-corrected chi connectivity index (χ0v) is 25.2. The van der Waals surface area contributed by atoms with Gasteiger partial charge < -0.3 is 47.4 Å². The lowest BCUT2D eigenvalue weighted by atomic mass is 9.94. The number of hydrogen-bond acceptors (Lipinski definition) is 15. The molecule has 3 aliphatic rings. The average molecular weight is 638 g/mol. The van der Waals surface area contributed by atoms with Crippen molar-refractivity contribution >= 4 is 23.9 Å². The second-order valence-electron chi connectivity index (χ2n) is 10.3. The van der Waals surface area contributed by atoms with Crippen molar-refractivity contribution < 1.29 is 66.5 Å². The van der Waals surface area contributed by atoms with E-state index < -0.39 is 98.1 Å². The van der Waals surface area contributed by atoms with E-state index in [4.69, 9.17) is 47.4 Å². The van der Waals surface area contributed by atoms with Crippen LogP contribution in [0.1, 0.15) is 39.5 Å². The van der Waals surface area contributed by atoms with E-state index in [-0.39, 0.29) is 6.61 Å². The number of azide groups is 1. The van der Waals surface area contributed by atoms with Crippen molar-refractivity contribution in [2.75, 3.05) is 20.3 Å². The number of methoxy groups -OCH3 is 1. The van der Waals surface area contributed by atoms with Crippen LogP contribution in [0.15, 0.2) is 35.4 Å². The predicted octanol–water partition coefficient (Wildman–Crippen LogP) is 1.62. The molecule has 0 amide bonds. The maximum Gasteiger partial charge on any atom is 0.303 e. The third-order valence-corrected chi connectivity index (χ3v) is 7.04. The number of carbonyl (C=O) groups is 4. The SMILES string of the molecule is CO[C@@H]1O[C@@H]2COC(c3ccccc3)O[C@@H]2[C@H](O[C@@H]2O[C@H](COC(C)=O)[C@H](OC(C)=O)[C@H](OC(C)=O)[C@H]2OC(C)=O)[C@H]1N=[N+]=[N-]. The van der Waals surface area contributed by atoms with Crippen LogP contribution in [0, 0.1) is 0 Å². The summed E-state index contributed by atoms with van der Waals surface area (Å²) in [6.07, 6.45) is -12.2. The van der Waals surface area contributed by atoms with Gasteiger partial charge in [0.05, 0.1) is 6.61 Å². The first-order chi connectivity index (χ1) is 21.5. The highest BCUT2D eigenvalue weighted by Crippen LogP contribution is 2.39. The highest BCUT2D eigenvalue weighted by molar-refractivity contribution is 5.68. The molecule has 3 heterocycles. The summed E-state index contributed by atoms with van der Waals surface area (Å²) in [4.78, 5) is 51.2. The van der Waals surface area contributed by atoms with Gasteiger partial charge >= 0.3 is 23.9 Å². The number of rotatable bonds is 10. The maximum atomic E-state index is 12.3. The second kappa shape index (κ2) is 15.4. The summed E-state index contributed by atoms with van der Waals surface area (Å²) in [5.41, 5.74) is 10.1. The first kappa shape index (κ1) is 34.1. The van der Waals surface area contributed by atoms with E-state index in [2.05, 4.69) is 10.0 Å². The molecule has 246 valence electrons. The molecule has 1 aromatic carbocycles. The molecule has 0 N–H and O–H groups in total. The summed E-state index contributed by atoms with van der Waals surface area (Å²) in [7, 11) is 1.34. The van der Waals surface area contributed by atoms with Crippen LogP contribution < -0.4 is 0 Å². The average Bonchev–Trinajstić information content (AvgIpc) is 2.99. The minimum atomic E-state index is -1.58. The van der Waals surface area contributed by atoms with Crippen molar-refractivity contribution in [1.82, 2.24) is 0 Å². The normalized spacial score (nSPS) is 34.3.